The van der Waals surface area contributed by atoms with Crippen molar-refractivity contribution in [1.82, 2.24) is 9.80 Å². The van der Waals surface area contributed by atoms with Crippen molar-refractivity contribution in [2.45, 2.75) is 62.7 Å². The number of rotatable bonds is 2. The molecule has 0 aromatic rings. The molecule has 0 bridgehead atoms. The quantitative estimate of drug-likeness (QED) is 0.760. The molecule has 4 atom stereocenters. The predicted molar refractivity (Wildman–Crippen MR) is 73.9 cm³/mol. The van der Waals surface area contributed by atoms with Crippen LogP contribution >= 0.6 is 0 Å². The zero-order chi connectivity index (χ0) is 15.2. The van der Waals surface area contributed by atoms with Crippen LogP contribution in [0.5, 0.6) is 0 Å². The van der Waals surface area contributed by atoms with Crippen molar-refractivity contribution in [3.8, 4) is 24.3 Å². The zero-order valence-electron chi connectivity index (χ0n) is 11.9. The van der Waals surface area contributed by atoms with Crippen LogP contribution in [0.4, 0.5) is 0 Å². The number of piperidine rings is 2. The third-order valence-corrected chi connectivity index (χ3v) is 4.43. The molecule has 0 aromatic heterocycles. The van der Waals surface area contributed by atoms with E-state index in [2.05, 4.69) is 24.3 Å². The molecule has 0 unspecified atom stereocenters. The molecule has 0 N–H and O–H groups in total. The Morgan fingerprint density at radius 3 is 1.14 bits per heavy atom. The van der Waals surface area contributed by atoms with Crippen molar-refractivity contribution in [3.05, 3.63) is 0 Å². The van der Waals surface area contributed by atoms with Crippen LogP contribution < -0.4 is 0 Å². The summed E-state index contributed by atoms with van der Waals surface area (Å²) in [6.07, 6.45) is 4.73. The molecule has 2 rings (SSSR count). The normalized spacial score (nSPS) is 34.1. The lowest BCUT2D eigenvalue weighted by molar-refractivity contribution is 0.0221. The molecule has 0 amide bonds. The molecule has 108 valence electrons. The van der Waals surface area contributed by atoms with E-state index in [4.69, 9.17) is 0 Å². The van der Waals surface area contributed by atoms with Gasteiger partial charge in [0.25, 0.3) is 0 Å². The van der Waals surface area contributed by atoms with Crippen LogP contribution in [0.25, 0.3) is 0 Å². The van der Waals surface area contributed by atoms with Crippen LogP contribution in [0.2, 0.25) is 0 Å². The topological polar surface area (TPSA) is 102 Å². The largest absolute Gasteiger partial charge is 0.259 e. The maximum Gasteiger partial charge on any atom is 0.0998 e. The molecule has 0 saturated carbocycles. The molecule has 0 aromatic carbocycles. The number of hydrogen-bond acceptors (Lipinski definition) is 6. The summed E-state index contributed by atoms with van der Waals surface area (Å²) in [5.74, 6) is 0. The van der Waals surface area contributed by atoms with Gasteiger partial charge >= 0.3 is 0 Å². The summed E-state index contributed by atoms with van der Waals surface area (Å²) >= 11 is 0. The summed E-state index contributed by atoms with van der Waals surface area (Å²) in [5, 5.41) is 37.2. The van der Waals surface area contributed by atoms with Gasteiger partial charge in [-0.15, -0.1) is 0 Å². The summed E-state index contributed by atoms with van der Waals surface area (Å²) in [4.78, 5) is 3.73. The van der Waals surface area contributed by atoms with Crippen LogP contribution in [-0.4, -0.2) is 40.6 Å². The fourth-order valence-corrected chi connectivity index (χ4v) is 3.24. The highest BCUT2D eigenvalue weighted by atomic mass is 15.4. The minimum atomic E-state index is -0.302. The van der Waals surface area contributed by atoms with E-state index < -0.39 is 0 Å². The minimum absolute atomic E-state index is 0.302. The standard InChI is InChI=1S/C15H18N6/c16-7-12-3-1-4-13(8-17)20(12)11-21-14(9-18)5-2-6-15(21)10-19/h12-15H,1-6,11H2/t12-,13-,14-,15+/m1/s1. The number of likely N-dealkylation sites (tertiary alicyclic amines) is 2. The Bertz CT molecular complexity index is 438. The second-order valence-electron chi connectivity index (χ2n) is 5.61. The van der Waals surface area contributed by atoms with Crippen molar-refractivity contribution in [2.24, 2.45) is 0 Å². The smallest absolute Gasteiger partial charge is 0.0998 e. The summed E-state index contributed by atoms with van der Waals surface area (Å²) in [5.41, 5.74) is 0. The van der Waals surface area contributed by atoms with Gasteiger partial charge in [0.15, 0.2) is 0 Å². The lowest BCUT2D eigenvalue weighted by Crippen LogP contribution is -2.56. The van der Waals surface area contributed by atoms with E-state index in [1.54, 1.807) is 0 Å². The average molecular weight is 282 g/mol. The van der Waals surface area contributed by atoms with Gasteiger partial charge in [0.1, 0.15) is 0 Å². The van der Waals surface area contributed by atoms with Gasteiger partial charge in [0, 0.05) is 0 Å². The molecule has 2 fully saturated rings. The first-order chi connectivity index (χ1) is 10.2. The van der Waals surface area contributed by atoms with Gasteiger partial charge < -0.3 is 0 Å². The van der Waals surface area contributed by atoms with E-state index in [0.29, 0.717) is 6.67 Å². The van der Waals surface area contributed by atoms with Crippen LogP contribution in [-0.2, 0) is 0 Å². The fraction of sp³-hybridized carbons (Fsp3) is 0.733. The Kier molecular flexibility index (Phi) is 5.13. The molecule has 6 heteroatoms. The Morgan fingerprint density at radius 1 is 0.619 bits per heavy atom. The SMILES string of the molecule is N#C[C@@H]1CCC[C@H](C#N)N1CN1[C@@H](C#N)CCC[C@@H]1C#N. The predicted octanol–water partition coefficient (Wildman–Crippen LogP) is 1.48. The van der Waals surface area contributed by atoms with Crippen molar-refractivity contribution < 1.29 is 0 Å². The first-order valence-corrected chi connectivity index (χ1v) is 7.35. The van der Waals surface area contributed by atoms with E-state index in [9.17, 15) is 21.0 Å². The molecule has 2 aliphatic rings. The monoisotopic (exact) mass is 282 g/mol. The molecular weight excluding hydrogens is 264 g/mol. The van der Waals surface area contributed by atoms with Gasteiger partial charge in [-0.25, -0.2) is 0 Å². The number of nitriles is 4. The molecular formula is C15H18N6. The Balaban J connectivity index is 2.19. The molecule has 2 aliphatic heterocycles. The van der Waals surface area contributed by atoms with Crippen LogP contribution in [0, 0.1) is 45.3 Å². The Morgan fingerprint density at radius 2 is 0.905 bits per heavy atom. The summed E-state index contributed by atoms with van der Waals surface area (Å²) < 4.78 is 0. The van der Waals surface area contributed by atoms with Gasteiger partial charge in [0.05, 0.1) is 55.1 Å². The van der Waals surface area contributed by atoms with Crippen LogP contribution in [0.15, 0.2) is 0 Å². The molecule has 0 aliphatic carbocycles. The Hall–Kier alpha value is -2.12. The second-order valence-corrected chi connectivity index (χ2v) is 5.61. The maximum atomic E-state index is 9.30. The third kappa shape index (κ3) is 3.14. The number of hydrogen-bond donors (Lipinski definition) is 0. The third-order valence-electron chi connectivity index (χ3n) is 4.43. The average Bonchev–Trinajstić information content (AvgIpc) is 2.55. The molecule has 0 spiro atoms. The highest BCUT2D eigenvalue weighted by Crippen LogP contribution is 2.27. The molecule has 6 nitrogen and oxygen atoms in total. The van der Waals surface area contributed by atoms with Crippen molar-refractivity contribution in [2.75, 3.05) is 6.67 Å². The summed E-state index contributed by atoms with van der Waals surface area (Å²) in [7, 11) is 0. The number of nitrogens with zero attached hydrogens (tertiary/aromatic N) is 6. The van der Waals surface area contributed by atoms with Gasteiger partial charge in [0.2, 0.25) is 0 Å². The van der Waals surface area contributed by atoms with Gasteiger partial charge in [-0.1, -0.05) is 0 Å². The van der Waals surface area contributed by atoms with E-state index in [1.165, 1.54) is 0 Å². The first-order valence-electron chi connectivity index (χ1n) is 7.35. The zero-order valence-corrected chi connectivity index (χ0v) is 11.9. The molecule has 21 heavy (non-hydrogen) atoms. The molecule has 0 radical (unpaired) electrons. The Labute approximate surface area is 125 Å². The van der Waals surface area contributed by atoms with E-state index in [1.807, 2.05) is 9.80 Å². The maximum absolute atomic E-state index is 9.30. The van der Waals surface area contributed by atoms with E-state index >= 15 is 0 Å². The van der Waals surface area contributed by atoms with Crippen molar-refractivity contribution >= 4 is 0 Å². The second kappa shape index (κ2) is 7.05. The highest BCUT2D eigenvalue weighted by molar-refractivity contribution is 5.08. The first kappa shape index (κ1) is 15.3. The van der Waals surface area contributed by atoms with Gasteiger partial charge in [-0.3, -0.25) is 9.80 Å². The molecule has 2 heterocycles. The van der Waals surface area contributed by atoms with E-state index in [0.717, 1.165) is 38.5 Å². The lowest BCUT2D eigenvalue weighted by atomic mass is 9.95. The fourth-order valence-electron chi connectivity index (χ4n) is 3.24. The lowest BCUT2D eigenvalue weighted by Gasteiger charge is -2.43. The van der Waals surface area contributed by atoms with Gasteiger partial charge in [-0.05, 0) is 38.5 Å². The minimum Gasteiger partial charge on any atom is -0.259 e. The van der Waals surface area contributed by atoms with Crippen molar-refractivity contribution in [1.29, 1.82) is 21.0 Å². The summed E-state index contributed by atoms with van der Waals surface area (Å²) in [6, 6.07) is 7.82. The molecule has 2 saturated heterocycles. The highest BCUT2D eigenvalue weighted by Gasteiger charge is 2.37. The van der Waals surface area contributed by atoms with Crippen LogP contribution in [0.1, 0.15) is 38.5 Å². The van der Waals surface area contributed by atoms with Crippen molar-refractivity contribution in [3.63, 3.8) is 0 Å². The van der Waals surface area contributed by atoms with Gasteiger partial charge in [-0.2, -0.15) is 21.0 Å². The summed E-state index contributed by atoms with van der Waals surface area (Å²) in [6.45, 7) is 0.354. The van der Waals surface area contributed by atoms with Crippen LogP contribution in [0.3, 0.4) is 0 Å². The van der Waals surface area contributed by atoms with E-state index in [-0.39, 0.29) is 24.2 Å².